The van der Waals surface area contributed by atoms with Gasteiger partial charge in [0.15, 0.2) is 0 Å². The van der Waals surface area contributed by atoms with Crippen molar-refractivity contribution in [2.24, 2.45) is 0 Å². The summed E-state index contributed by atoms with van der Waals surface area (Å²) in [5.74, 6) is -0.564. The Morgan fingerprint density at radius 2 is 1.20 bits per heavy atom. The van der Waals surface area contributed by atoms with Crippen LogP contribution in [0.3, 0.4) is 0 Å². The number of imide groups is 1. The molecule has 7 rings (SSSR count). The van der Waals surface area contributed by atoms with Gasteiger partial charge in [0, 0.05) is 10.8 Å². The third kappa shape index (κ3) is 3.75. The molecule has 1 aliphatic heterocycles. The molecule has 2 amide bonds. The zero-order valence-electron chi connectivity index (χ0n) is 23.9. The zero-order valence-corrected chi connectivity index (χ0v) is 23.9. The van der Waals surface area contributed by atoms with Crippen molar-refractivity contribution in [3.05, 3.63) is 130 Å². The van der Waals surface area contributed by atoms with Crippen LogP contribution in [0, 0.1) is 34.6 Å². The molecule has 4 heteroatoms. The lowest BCUT2D eigenvalue weighted by molar-refractivity contribution is 0.0925. The van der Waals surface area contributed by atoms with Gasteiger partial charge in [0.25, 0.3) is 11.8 Å². The minimum Gasteiger partial charge on any atom is -0.308 e. The predicted octanol–water partition coefficient (Wildman–Crippen LogP) is 8.79. The van der Waals surface area contributed by atoms with Crippen LogP contribution in [-0.4, -0.2) is 16.4 Å². The number of hydrogen-bond donors (Lipinski definition) is 0. The second-order valence-corrected chi connectivity index (χ2v) is 11.4. The van der Waals surface area contributed by atoms with E-state index < -0.39 is 0 Å². The summed E-state index contributed by atoms with van der Waals surface area (Å²) in [6, 6.07) is 31.0. The topological polar surface area (TPSA) is 42.3 Å². The molecule has 0 saturated heterocycles. The maximum atomic E-state index is 14.2. The Kier molecular flexibility index (Phi) is 5.52. The van der Waals surface area contributed by atoms with Gasteiger partial charge in [-0.05, 0) is 81.1 Å². The summed E-state index contributed by atoms with van der Waals surface area (Å²) in [6.45, 7) is 10.2. The maximum Gasteiger partial charge on any atom is 0.268 e. The zero-order chi connectivity index (χ0) is 28.6. The third-order valence-corrected chi connectivity index (χ3v) is 8.22. The molecular weight excluding hydrogens is 504 g/mol. The second-order valence-electron chi connectivity index (χ2n) is 11.4. The number of nitrogens with zero attached hydrogens (tertiary/aromatic N) is 2. The van der Waals surface area contributed by atoms with Crippen molar-refractivity contribution in [2.45, 2.75) is 34.6 Å². The van der Waals surface area contributed by atoms with E-state index in [1.807, 2.05) is 57.2 Å². The minimum atomic E-state index is -0.285. The largest absolute Gasteiger partial charge is 0.308 e. The smallest absolute Gasteiger partial charge is 0.268 e. The summed E-state index contributed by atoms with van der Waals surface area (Å²) in [5.41, 5.74) is 11.9. The van der Waals surface area contributed by atoms with Crippen LogP contribution in [0.15, 0.2) is 91.0 Å². The molecule has 41 heavy (non-hydrogen) atoms. The van der Waals surface area contributed by atoms with E-state index in [4.69, 9.17) is 0 Å². The molecule has 0 unspecified atom stereocenters. The van der Waals surface area contributed by atoms with Crippen molar-refractivity contribution in [3.8, 4) is 16.8 Å². The molecule has 0 saturated carbocycles. The lowest BCUT2D eigenvalue weighted by atomic mass is 9.99. The first kappa shape index (κ1) is 25.0. The van der Waals surface area contributed by atoms with E-state index in [-0.39, 0.29) is 11.8 Å². The van der Waals surface area contributed by atoms with Crippen molar-refractivity contribution < 1.29 is 9.59 Å². The monoisotopic (exact) mass is 534 g/mol. The van der Waals surface area contributed by atoms with E-state index in [0.717, 1.165) is 55.3 Å². The fourth-order valence-corrected chi connectivity index (χ4v) is 6.73. The van der Waals surface area contributed by atoms with Gasteiger partial charge in [-0.25, -0.2) is 4.90 Å². The van der Waals surface area contributed by atoms with Crippen LogP contribution < -0.4 is 4.90 Å². The fourth-order valence-electron chi connectivity index (χ4n) is 6.73. The fraction of sp³-hybridized carbons (Fsp3) is 0.135. The van der Waals surface area contributed by atoms with E-state index in [1.165, 1.54) is 16.0 Å². The molecular formula is C37H30N2O2. The Balaban J connectivity index is 1.49. The molecule has 0 atom stereocenters. The lowest BCUT2D eigenvalue weighted by Gasteiger charge is -2.20. The molecule has 2 heterocycles. The minimum absolute atomic E-state index is 0.279. The first-order chi connectivity index (χ1) is 19.7. The van der Waals surface area contributed by atoms with Crippen LogP contribution in [0.2, 0.25) is 0 Å². The third-order valence-electron chi connectivity index (χ3n) is 8.22. The number of carbonyl (C=O) groups excluding carboxylic acids is 2. The van der Waals surface area contributed by atoms with Crippen molar-refractivity contribution in [2.75, 3.05) is 4.90 Å². The Morgan fingerprint density at radius 3 is 1.93 bits per heavy atom. The molecule has 0 aliphatic carbocycles. The number of anilines is 1. The molecule has 200 valence electrons. The number of para-hydroxylation sites is 1. The van der Waals surface area contributed by atoms with Crippen molar-refractivity contribution in [1.82, 2.24) is 4.57 Å². The Labute approximate surface area is 239 Å². The molecule has 0 spiro atoms. The highest BCUT2D eigenvalue weighted by Gasteiger charge is 2.40. The van der Waals surface area contributed by atoms with Gasteiger partial charge in [0.2, 0.25) is 0 Å². The Bertz CT molecular complexity index is 2050. The first-order valence-electron chi connectivity index (χ1n) is 13.9. The summed E-state index contributed by atoms with van der Waals surface area (Å²) in [6.07, 6.45) is 0. The van der Waals surface area contributed by atoms with Crippen LogP contribution >= 0.6 is 0 Å². The summed E-state index contributed by atoms with van der Waals surface area (Å²) in [4.78, 5) is 29.5. The van der Waals surface area contributed by atoms with Crippen molar-refractivity contribution >= 4 is 39.3 Å². The van der Waals surface area contributed by atoms with Crippen molar-refractivity contribution in [1.29, 1.82) is 0 Å². The normalized spacial score (nSPS) is 13.0. The highest BCUT2D eigenvalue weighted by molar-refractivity contribution is 6.36. The van der Waals surface area contributed by atoms with Gasteiger partial charge in [-0.15, -0.1) is 0 Å². The van der Waals surface area contributed by atoms with Crippen LogP contribution in [0.4, 0.5) is 5.69 Å². The summed E-state index contributed by atoms with van der Waals surface area (Å²) in [7, 11) is 0. The van der Waals surface area contributed by atoms with Gasteiger partial charge in [-0.1, -0.05) is 83.4 Å². The van der Waals surface area contributed by atoms with E-state index in [9.17, 15) is 9.59 Å². The van der Waals surface area contributed by atoms with E-state index in [0.29, 0.717) is 16.8 Å². The average molecular weight is 535 g/mol. The number of carbonyl (C=O) groups is 2. The molecule has 0 N–H and O–H groups in total. The number of rotatable bonds is 3. The highest BCUT2D eigenvalue weighted by atomic mass is 16.2. The number of hydrogen-bond acceptors (Lipinski definition) is 2. The first-order valence-corrected chi connectivity index (χ1v) is 13.9. The van der Waals surface area contributed by atoms with Gasteiger partial charge in [0.05, 0.1) is 33.5 Å². The van der Waals surface area contributed by atoms with Crippen molar-refractivity contribution in [3.63, 3.8) is 0 Å². The summed E-state index contributed by atoms with van der Waals surface area (Å²) in [5, 5.41) is 2.20. The number of amides is 2. The Morgan fingerprint density at radius 1 is 0.537 bits per heavy atom. The molecule has 1 aliphatic rings. The summed E-state index contributed by atoms with van der Waals surface area (Å²) < 4.78 is 2.15. The molecule has 1 aromatic heterocycles. The Hall–Kier alpha value is -4.96. The molecule has 4 nitrogen and oxygen atoms in total. The maximum absolute atomic E-state index is 14.2. The molecule has 0 fully saturated rings. The van der Waals surface area contributed by atoms with Crippen LogP contribution in [0.25, 0.3) is 38.6 Å². The molecule has 0 radical (unpaired) electrons. The quantitative estimate of drug-likeness (QED) is 0.213. The number of aryl methyl sites for hydroxylation is 5. The van der Waals surface area contributed by atoms with Gasteiger partial charge >= 0.3 is 0 Å². The summed E-state index contributed by atoms with van der Waals surface area (Å²) >= 11 is 0. The predicted molar refractivity (Wildman–Crippen MR) is 167 cm³/mol. The second kappa shape index (κ2) is 9.03. The van der Waals surface area contributed by atoms with Gasteiger partial charge in [-0.3, -0.25) is 9.59 Å². The van der Waals surface area contributed by atoms with E-state index >= 15 is 0 Å². The van der Waals surface area contributed by atoms with Crippen LogP contribution in [-0.2, 0) is 0 Å². The van der Waals surface area contributed by atoms with Gasteiger partial charge in [-0.2, -0.15) is 0 Å². The van der Waals surface area contributed by atoms with Gasteiger partial charge in [0.1, 0.15) is 0 Å². The van der Waals surface area contributed by atoms with E-state index in [2.05, 4.69) is 66.9 Å². The SMILES string of the molecule is Cc1cc(C)cc(-c2ccc3c4ccccc4n(-c4cccc5c4C(=O)N(c4c(C)cc(C)cc4C)C5=O)c3c2)c1. The molecule has 6 aromatic rings. The number of benzene rings is 5. The molecule has 5 aromatic carbocycles. The molecule has 0 bridgehead atoms. The lowest BCUT2D eigenvalue weighted by Crippen LogP contribution is -2.31. The van der Waals surface area contributed by atoms with Crippen LogP contribution in [0.5, 0.6) is 0 Å². The number of aromatic nitrogens is 1. The van der Waals surface area contributed by atoms with Crippen LogP contribution in [0.1, 0.15) is 48.5 Å². The average Bonchev–Trinajstić information content (AvgIpc) is 3.39. The number of fused-ring (bicyclic) bond motifs is 4. The highest BCUT2D eigenvalue weighted by Crippen LogP contribution is 2.40. The van der Waals surface area contributed by atoms with E-state index in [1.54, 1.807) is 6.07 Å². The van der Waals surface area contributed by atoms with Gasteiger partial charge < -0.3 is 4.57 Å². The standard InChI is InChI=1S/C37H30N2O2/c1-21-15-22(2)19-27(18-21)26-13-14-29-28-9-6-7-11-31(28)38(33(29)20-26)32-12-8-10-30-34(32)37(41)39(36(30)40)35-24(4)16-23(3)17-25(35)5/h6-20H,1-5H3.